The van der Waals surface area contributed by atoms with Crippen LogP contribution in [0.2, 0.25) is 0 Å². The van der Waals surface area contributed by atoms with Gasteiger partial charge in [0, 0.05) is 51.1 Å². The Morgan fingerprint density at radius 1 is 1.11 bits per heavy atom. The van der Waals surface area contributed by atoms with Gasteiger partial charge in [0.1, 0.15) is 24.3 Å². The third-order valence-electron chi connectivity index (χ3n) is 4.30. The van der Waals surface area contributed by atoms with Gasteiger partial charge in [0.15, 0.2) is 0 Å². The molecule has 0 unspecified atom stereocenters. The normalized spacial score (nSPS) is 15.1. The number of piperazine rings is 1. The first-order valence-corrected chi connectivity index (χ1v) is 8.55. The summed E-state index contributed by atoms with van der Waals surface area (Å²) < 4.78 is 5.51. The molecule has 1 aromatic carbocycles. The van der Waals surface area contributed by atoms with Crippen molar-refractivity contribution < 1.29 is 14.8 Å². The molecule has 1 saturated heterocycles. The van der Waals surface area contributed by atoms with Gasteiger partial charge >= 0.3 is 0 Å². The number of nitrogens with zero attached hydrogens (tertiary/aromatic N) is 4. The van der Waals surface area contributed by atoms with Crippen LogP contribution in [0.3, 0.4) is 0 Å². The lowest BCUT2D eigenvalue weighted by Crippen LogP contribution is -2.49. The van der Waals surface area contributed by atoms with Crippen molar-refractivity contribution in [2.45, 2.75) is 6.10 Å². The molecule has 0 spiro atoms. The van der Waals surface area contributed by atoms with Crippen molar-refractivity contribution in [1.29, 1.82) is 0 Å². The van der Waals surface area contributed by atoms with E-state index in [9.17, 15) is 15.2 Å². The first-order valence-electron chi connectivity index (χ1n) is 8.55. The fourth-order valence-corrected chi connectivity index (χ4v) is 2.91. The Labute approximate surface area is 176 Å². The highest BCUT2D eigenvalue weighted by atomic mass is 35.5. The first-order chi connectivity index (χ1) is 12.6. The number of non-ortho nitro benzene ring substituents is 1. The molecule has 8 nitrogen and oxygen atoms in total. The Balaban J connectivity index is 0.00000196. The van der Waals surface area contributed by atoms with Crippen LogP contribution in [0.25, 0.3) is 0 Å². The molecule has 1 atom stereocenters. The fourth-order valence-electron chi connectivity index (χ4n) is 2.91. The molecular weight excluding hydrogens is 407 g/mol. The Bertz CT molecular complexity index is 713. The van der Waals surface area contributed by atoms with Gasteiger partial charge in [-0.3, -0.25) is 15.0 Å². The maximum atomic E-state index is 10.6. The van der Waals surface area contributed by atoms with E-state index < -0.39 is 11.0 Å². The first kappa shape index (κ1) is 23.9. The van der Waals surface area contributed by atoms with Gasteiger partial charge in [-0.25, -0.2) is 4.98 Å². The molecule has 1 aromatic heterocycles. The minimum atomic E-state index is -0.619. The minimum Gasteiger partial charge on any atom is -0.491 e. The summed E-state index contributed by atoms with van der Waals surface area (Å²) in [5.41, 5.74) is 0.0173. The summed E-state index contributed by atoms with van der Waals surface area (Å²) in [7, 11) is 0. The average Bonchev–Trinajstić information content (AvgIpc) is 2.68. The fraction of sp³-hybridized carbons (Fsp3) is 0.389. The highest BCUT2D eigenvalue weighted by molar-refractivity contribution is 5.85. The predicted octanol–water partition coefficient (Wildman–Crippen LogP) is 2.40. The maximum absolute atomic E-state index is 10.6. The third kappa shape index (κ3) is 6.79. The molecule has 154 valence electrons. The van der Waals surface area contributed by atoms with Gasteiger partial charge in [-0.2, -0.15) is 0 Å². The van der Waals surface area contributed by atoms with Crippen LogP contribution in [0.4, 0.5) is 11.5 Å². The Morgan fingerprint density at radius 3 is 2.36 bits per heavy atom. The number of hydrogen-bond acceptors (Lipinski definition) is 7. The van der Waals surface area contributed by atoms with Gasteiger partial charge in [0.2, 0.25) is 0 Å². The van der Waals surface area contributed by atoms with Crippen molar-refractivity contribution in [2.24, 2.45) is 0 Å². The van der Waals surface area contributed by atoms with E-state index in [1.54, 1.807) is 6.20 Å². The van der Waals surface area contributed by atoms with Gasteiger partial charge in [0.05, 0.1) is 4.92 Å². The number of anilines is 1. The van der Waals surface area contributed by atoms with Gasteiger partial charge in [-0.1, -0.05) is 6.07 Å². The van der Waals surface area contributed by atoms with Gasteiger partial charge < -0.3 is 14.7 Å². The molecule has 2 heterocycles. The lowest BCUT2D eigenvalue weighted by atomic mass is 10.2. The molecule has 1 fully saturated rings. The third-order valence-corrected chi connectivity index (χ3v) is 4.30. The molecule has 1 N–H and O–H groups in total. The second-order valence-electron chi connectivity index (χ2n) is 6.19. The summed E-state index contributed by atoms with van der Waals surface area (Å²) in [6, 6.07) is 11.7. The number of nitro groups is 1. The van der Waals surface area contributed by atoms with Crippen molar-refractivity contribution in [3.8, 4) is 5.75 Å². The van der Waals surface area contributed by atoms with Crippen LogP contribution < -0.4 is 9.64 Å². The summed E-state index contributed by atoms with van der Waals surface area (Å²) in [6.45, 7) is 4.12. The van der Waals surface area contributed by atoms with Crippen molar-refractivity contribution >= 4 is 36.3 Å². The molecule has 1 aliphatic heterocycles. The Hall–Kier alpha value is -2.13. The van der Waals surface area contributed by atoms with E-state index >= 15 is 0 Å². The van der Waals surface area contributed by atoms with E-state index in [0.29, 0.717) is 12.3 Å². The number of hydrogen-bond donors (Lipinski definition) is 1. The second-order valence-corrected chi connectivity index (χ2v) is 6.19. The topological polar surface area (TPSA) is 92.0 Å². The van der Waals surface area contributed by atoms with Crippen LogP contribution >= 0.6 is 24.8 Å². The number of rotatable bonds is 7. The number of pyridine rings is 1. The summed E-state index contributed by atoms with van der Waals surface area (Å²) >= 11 is 0. The number of halogens is 2. The number of β-amino-alcohol motifs (C(OH)–C–C–N with tert-alkyl or cyclic N) is 1. The monoisotopic (exact) mass is 430 g/mol. The molecule has 10 heteroatoms. The van der Waals surface area contributed by atoms with Crippen LogP contribution in [0, 0.1) is 10.1 Å². The van der Waals surface area contributed by atoms with Crippen molar-refractivity contribution in [3.05, 3.63) is 58.8 Å². The molecule has 0 aliphatic carbocycles. The number of ether oxygens (including phenoxy) is 1. The molecule has 0 amide bonds. The molecule has 0 radical (unpaired) electrons. The Morgan fingerprint density at radius 2 is 1.79 bits per heavy atom. The lowest BCUT2D eigenvalue weighted by Gasteiger charge is -2.36. The quantitative estimate of drug-likeness (QED) is 0.532. The van der Waals surface area contributed by atoms with E-state index in [1.807, 2.05) is 18.2 Å². The number of nitro benzene ring substituents is 1. The van der Waals surface area contributed by atoms with E-state index in [0.717, 1.165) is 32.0 Å². The minimum absolute atomic E-state index is 0. The number of benzene rings is 1. The average molecular weight is 431 g/mol. The molecule has 0 bridgehead atoms. The van der Waals surface area contributed by atoms with Crippen molar-refractivity contribution in [3.63, 3.8) is 0 Å². The summed E-state index contributed by atoms with van der Waals surface area (Å²) in [4.78, 5) is 19.0. The molecule has 28 heavy (non-hydrogen) atoms. The van der Waals surface area contributed by atoms with E-state index in [1.165, 1.54) is 24.3 Å². The van der Waals surface area contributed by atoms with Crippen LogP contribution in [0.5, 0.6) is 5.75 Å². The van der Waals surface area contributed by atoms with E-state index in [4.69, 9.17) is 4.74 Å². The van der Waals surface area contributed by atoms with Crippen LogP contribution in [-0.2, 0) is 0 Å². The van der Waals surface area contributed by atoms with E-state index in [-0.39, 0.29) is 37.1 Å². The number of aliphatic hydroxyl groups is 1. The highest BCUT2D eigenvalue weighted by Crippen LogP contribution is 2.17. The SMILES string of the molecule is Cl.Cl.O=[N+]([O-])c1ccc(OC[C@H](O)CN2CCN(c3ccccn3)CC2)cc1. The van der Waals surface area contributed by atoms with Crippen molar-refractivity contribution in [2.75, 3.05) is 44.2 Å². The van der Waals surface area contributed by atoms with E-state index in [2.05, 4.69) is 14.8 Å². The maximum Gasteiger partial charge on any atom is 0.269 e. The predicted molar refractivity (Wildman–Crippen MR) is 112 cm³/mol. The van der Waals surface area contributed by atoms with Crippen LogP contribution in [0.15, 0.2) is 48.7 Å². The van der Waals surface area contributed by atoms with Crippen LogP contribution in [-0.4, -0.2) is 65.3 Å². The molecule has 2 aromatic rings. The summed E-state index contributed by atoms with van der Waals surface area (Å²) in [6.07, 6.45) is 1.17. The summed E-state index contributed by atoms with van der Waals surface area (Å²) in [5, 5.41) is 20.8. The summed E-state index contributed by atoms with van der Waals surface area (Å²) in [5.74, 6) is 1.49. The number of aromatic nitrogens is 1. The second kappa shape index (κ2) is 11.7. The lowest BCUT2D eigenvalue weighted by molar-refractivity contribution is -0.384. The highest BCUT2D eigenvalue weighted by Gasteiger charge is 2.20. The molecule has 1 aliphatic rings. The molecule has 3 rings (SSSR count). The van der Waals surface area contributed by atoms with Gasteiger partial charge in [-0.05, 0) is 24.3 Å². The van der Waals surface area contributed by atoms with Crippen LogP contribution in [0.1, 0.15) is 0 Å². The van der Waals surface area contributed by atoms with Gasteiger partial charge in [0.25, 0.3) is 5.69 Å². The zero-order chi connectivity index (χ0) is 18.4. The zero-order valence-corrected chi connectivity index (χ0v) is 16.8. The number of aliphatic hydroxyl groups excluding tert-OH is 1. The zero-order valence-electron chi connectivity index (χ0n) is 15.2. The largest absolute Gasteiger partial charge is 0.491 e. The van der Waals surface area contributed by atoms with Crippen molar-refractivity contribution in [1.82, 2.24) is 9.88 Å². The molecular formula is C18H24Cl2N4O4. The standard InChI is InChI=1S/C18H22N4O4.2ClH/c23-16(14-26-17-6-4-15(5-7-17)22(24)25)13-20-9-11-21(12-10-20)18-3-1-2-8-19-18;;/h1-8,16,23H,9-14H2;2*1H/t16-;;/m1../s1. The Kier molecular flexibility index (Phi) is 9.95. The molecule has 0 saturated carbocycles. The smallest absolute Gasteiger partial charge is 0.269 e. The van der Waals surface area contributed by atoms with Gasteiger partial charge in [-0.15, -0.1) is 24.8 Å².